The molecule has 26 nitrogen and oxygen atoms in total. The molecule has 2 aromatic carbocycles. The van der Waals surface area contributed by atoms with E-state index in [2.05, 4.69) is 30.6 Å². The average molecular weight is 990 g/mol. The Labute approximate surface area is 395 Å². The molecule has 2 fully saturated rings. The topological polar surface area (TPSA) is 333 Å². The first-order chi connectivity index (χ1) is 33.7. The largest absolute Gasteiger partial charge is 0.472 e. The Morgan fingerprint density at radius 3 is 2.19 bits per heavy atom. The zero-order valence-corrected chi connectivity index (χ0v) is 37.8. The molecule has 6 heterocycles. The quantitative estimate of drug-likeness (QED) is 0.0358. The normalized spacial score (nSPS) is 22.9. The Kier molecular flexibility index (Phi) is 15.3. The fourth-order valence-electron chi connectivity index (χ4n) is 7.52. The number of rotatable bonds is 19. The first kappa shape index (κ1) is 49.3. The fourth-order valence-corrected chi connectivity index (χ4v) is 8.49. The van der Waals surface area contributed by atoms with Crippen LogP contribution < -0.4 is 20.9 Å². The van der Waals surface area contributed by atoms with Gasteiger partial charge in [0, 0.05) is 17.3 Å². The van der Waals surface area contributed by atoms with Crippen LogP contribution in [0.3, 0.4) is 0 Å². The molecule has 4 aromatic heterocycles. The Bertz CT molecular complexity index is 2940. The van der Waals surface area contributed by atoms with Crippen LogP contribution in [0.15, 0.2) is 109 Å². The van der Waals surface area contributed by atoms with Crippen LogP contribution in [0.2, 0.25) is 0 Å². The summed E-state index contributed by atoms with van der Waals surface area (Å²) >= 11 is 0. The fraction of sp³-hybridized carbons (Fsp3) is 0.349. The number of esters is 2. The molecule has 2 amide bonds. The number of aliphatic hydroxyl groups is 3. The third-order valence-corrected chi connectivity index (χ3v) is 12.0. The van der Waals surface area contributed by atoms with Gasteiger partial charge in [0.2, 0.25) is 6.33 Å². The number of amides is 2. The molecule has 2 saturated heterocycles. The lowest BCUT2D eigenvalue weighted by molar-refractivity contribution is -0.671. The van der Waals surface area contributed by atoms with E-state index in [0.29, 0.717) is 12.1 Å². The van der Waals surface area contributed by atoms with Crippen molar-refractivity contribution in [3.05, 3.63) is 126 Å². The van der Waals surface area contributed by atoms with Crippen molar-refractivity contribution in [3.63, 3.8) is 0 Å². The van der Waals surface area contributed by atoms with Gasteiger partial charge in [-0.2, -0.15) is 4.98 Å². The number of hydrogen-bond donors (Lipinski definition) is 6. The molecule has 8 rings (SSSR count). The maximum absolute atomic E-state index is 13.5. The monoisotopic (exact) mass is 989 g/mol. The van der Waals surface area contributed by atoms with Gasteiger partial charge in [0.25, 0.3) is 11.8 Å². The molecule has 0 spiro atoms. The van der Waals surface area contributed by atoms with Gasteiger partial charge in [-0.05, 0) is 30.3 Å². The van der Waals surface area contributed by atoms with Gasteiger partial charge >= 0.3 is 25.5 Å². The Balaban J connectivity index is 0.932. The summed E-state index contributed by atoms with van der Waals surface area (Å²) in [7, 11) is -3.45. The minimum Gasteiger partial charge on any atom is -0.461 e. The number of aliphatic hydroxyl groups excluding tert-OH is 3. The second-order valence-electron chi connectivity index (χ2n) is 15.8. The summed E-state index contributed by atoms with van der Waals surface area (Å²) in [5, 5.41) is 38.2. The van der Waals surface area contributed by atoms with Crippen LogP contribution in [0.5, 0.6) is 0 Å². The Hall–Kier alpha value is -7.13. The molecule has 368 valence electrons. The van der Waals surface area contributed by atoms with Gasteiger partial charge < -0.3 is 49.8 Å². The second kappa shape index (κ2) is 21.7. The summed E-state index contributed by atoms with van der Waals surface area (Å²) in [5.74, 6) is -2.92. The van der Waals surface area contributed by atoms with Gasteiger partial charge in [0.15, 0.2) is 35.5 Å². The zero-order valence-electron chi connectivity index (χ0n) is 36.9. The summed E-state index contributed by atoms with van der Waals surface area (Å²) in [4.78, 5) is 92.0. The maximum atomic E-state index is 13.5. The number of imidazole rings is 2. The van der Waals surface area contributed by atoms with Crippen molar-refractivity contribution >= 4 is 54.4 Å². The highest BCUT2D eigenvalue weighted by atomic mass is 31.2. The van der Waals surface area contributed by atoms with E-state index < -0.39 is 112 Å². The summed E-state index contributed by atoms with van der Waals surface area (Å²) in [5.41, 5.74) is -0.251. The van der Waals surface area contributed by atoms with Crippen molar-refractivity contribution in [2.75, 3.05) is 30.5 Å². The van der Waals surface area contributed by atoms with E-state index in [-0.39, 0.29) is 35.0 Å². The van der Waals surface area contributed by atoms with E-state index in [1.54, 1.807) is 88.5 Å². The van der Waals surface area contributed by atoms with E-state index in [1.165, 1.54) is 17.0 Å². The smallest absolute Gasteiger partial charge is 0.461 e. The number of carbonyl (C=O) groups excluding carboxylic acids is 4. The number of phosphoric acid groups is 1. The molecule has 0 aliphatic carbocycles. The molecule has 2 aliphatic heterocycles. The van der Waals surface area contributed by atoms with Crippen molar-refractivity contribution in [2.24, 2.45) is 7.05 Å². The predicted octanol–water partition coefficient (Wildman–Crippen LogP) is 0.160. The molecular weight excluding hydrogens is 944 g/mol. The van der Waals surface area contributed by atoms with E-state index in [1.807, 2.05) is 7.05 Å². The Morgan fingerprint density at radius 1 is 0.829 bits per heavy atom. The van der Waals surface area contributed by atoms with E-state index >= 15 is 0 Å². The molecule has 0 bridgehead atoms. The predicted molar refractivity (Wildman–Crippen MR) is 236 cm³/mol. The highest BCUT2D eigenvalue weighted by Crippen LogP contribution is 2.49. The van der Waals surface area contributed by atoms with Gasteiger partial charge in [0.1, 0.15) is 68.2 Å². The number of anilines is 2. The van der Waals surface area contributed by atoms with E-state index in [9.17, 15) is 48.8 Å². The van der Waals surface area contributed by atoms with Gasteiger partial charge in [-0.1, -0.05) is 36.4 Å². The van der Waals surface area contributed by atoms with Crippen LogP contribution in [0.25, 0.3) is 11.2 Å². The number of aromatic nitrogens is 8. The second-order valence-corrected chi connectivity index (χ2v) is 17.2. The van der Waals surface area contributed by atoms with Crippen LogP contribution in [-0.4, -0.2) is 134 Å². The van der Waals surface area contributed by atoms with Crippen LogP contribution in [0, 0.1) is 0 Å². The van der Waals surface area contributed by atoms with Crippen molar-refractivity contribution in [2.45, 2.75) is 68.5 Å². The molecule has 70 heavy (non-hydrogen) atoms. The molecule has 9 atom stereocenters. The lowest BCUT2D eigenvalue weighted by Gasteiger charge is -2.23. The number of carbonyl (C=O) groups is 4. The highest BCUT2D eigenvalue weighted by Gasteiger charge is 2.51. The van der Waals surface area contributed by atoms with Crippen molar-refractivity contribution < 1.29 is 76.5 Å². The number of fused-ring (bicyclic) bond motifs is 1. The summed E-state index contributed by atoms with van der Waals surface area (Å²) in [6.07, 6.45) is -5.27. The van der Waals surface area contributed by atoms with E-state index in [0.717, 1.165) is 17.1 Å². The van der Waals surface area contributed by atoms with Crippen LogP contribution in [0.4, 0.5) is 11.6 Å². The van der Waals surface area contributed by atoms with Gasteiger partial charge in [-0.15, -0.1) is 0 Å². The number of hydrogen-bond acceptors (Lipinski definition) is 19. The van der Waals surface area contributed by atoms with Gasteiger partial charge in [0.05, 0.1) is 39.4 Å². The van der Waals surface area contributed by atoms with Gasteiger partial charge in [-0.3, -0.25) is 37.4 Å². The Morgan fingerprint density at radius 2 is 1.51 bits per heavy atom. The summed E-state index contributed by atoms with van der Waals surface area (Å²) in [6.45, 7) is -1.40. The van der Waals surface area contributed by atoms with Crippen LogP contribution in [0.1, 0.15) is 46.0 Å². The molecule has 2 aliphatic rings. The number of nitrogens with one attached hydrogen (secondary N) is 2. The zero-order chi connectivity index (χ0) is 49.5. The van der Waals surface area contributed by atoms with Crippen molar-refractivity contribution in [1.82, 2.24) is 33.6 Å². The molecular formula is C43H46N10O16P+. The minimum atomic E-state index is -5.28. The molecule has 1 unspecified atom stereocenters. The number of ether oxygens (including phenoxy) is 4. The van der Waals surface area contributed by atoms with Crippen molar-refractivity contribution in [3.8, 4) is 0 Å². The summed E-state index contributed by atoms with van der Waals surface area (Å²) in [6, 6.07) is 17.6. The minimum absolute atomic E-state index is 0.0153. The molecule has 0 saturated carbocycles. The first-order valence-electron chi connectivity index (χ1n) is 21.5. The van der Waals surface area contributed by atoms with Crippen LogP contribution >= 0.6 is 7.82 Å². The first-order valence-corrected chi connectivity index (χ1v) is 23.0. The lowest BCUT2D eigenvalue weighted by Crippen LogP contribution is -2.39. The van der Waals surface area contributed by atoms with Gasteiger partial charge in [-0.25, -0.2) is 33.4 Å². The number of benzene rings is 2. The summed E-state index contributed by atoms with van der Waals surface area (Å²) < 4.78 is 52.2. The number of nitrogens with zero attached hydrogens (tertiary/aromatic N) is 8. The number of phosphoric ester groups is 1. The molecule has 0 radical (unpaired) electrons. The average Bonchev–Trinajstić information content (AvgIpc) is 4.13. The maximum Gasteiger partial charge on any atom is 0.472 e. The molecule has 6 aromatic rings. The standard InChI is InChI=1S/C43H45N10O16P/c1-50-16-17-51(24-50)18-19-64-30(55)12-13-31(56)68-36-33(57)28(67-42(36)52-15-14-29(48-43(52)61)47-39(59)25-8-4-2-5-9-25)21-65-70(62,63)69-35-27(20-54)66-41(34(35)58)53-23-46-32-37(44-22-45-38(32)53)49-40(60)26-10-6-3-7-11-26/h2-11,14-17,22-24,27-28,33-36,41-42,54,57-58H,12-13,18-21H2,1H3,(H2-,44,45,47,48,49,59,60,61,62,63)/p+1/t27-,28-,33-,34-,35-,36-,41-,42-/m1/s1. The van der Waals surface area contributed by atoms with Crippen molar-refractivity contribution in [1.29, 1.82) is 0 Å². The highest BCUT2D eigenvalue weighted by molar-refractivity contribution is 7.47. The third kappa shape index (κ3) is 11.5. The SMILES string of the molecule is C[n+]1ccn(CCOC(=O)CCC(=O)O[C@@H]2[C@H](O)[C@@H](COP(=O)(O)O[C@H]3[C@@H](O)[C@H](n4cnc5c(NC(=O)c6ccccc6)ncnc54)O[C@@H]3CO)O[C@H]2n2ccc(NC(=O)c3ccccc3)nc2=O)c1. The van der Waals surface area contributed by atoms with E-state index in [4.69, 9.17) is 28.0 Å². The lowest BCUT2D eigenvalue weighted by atomic mass is 10.1. The molecule has 6 N–H and O–H groups in total. The van der Waals surface area contributed by atoms with Crippen LogP contribution in [-0.2, 0) is 55.7 Å². The third-order valence-electron chi connectivity index (χ3n) is 11.0. The molecule has 27 heteroatoms. The number of aryl methyl sites for hydroxylation is 1.